The number of rotatable bonds is 4. The number of barbiturate groups is 1. The first-order chi connectivity index (χ1) is 10.9. The van der Waals surface area contributed by atoms with Crippen molar-refractivity contribution in [2.24, 2.45) is 0 Å². The predicted molar refractivity (Wildman–Crippen MR) is 80.4 cm³/mol. The molecule has 1 saturated heterocycles. The molecule has 0 unspecified atom stereocenters. The number of urea groups is 1. The molecule has 0 saturated carbocycles. The molecule has 0 aliphatic carbocycles. The topological polar surface area (TPSA) is 94.2 Å². The van der Waals surface area contributed by atoms with Crippen LogP contribution < -0.4 is 19.5 Å². The molecule has 1 heterocycles. The highest BCUT2D eigenvalue weighted by molar-refractivity contribution is 6.31. The molecule has 4 amide bonds. The first-order valence-electron chi connectivity index (χ1n) is 6.58. The number of likely N-dealkylation sites (N-methyl/N-ethyl adjacent to an activating group) is 1. The number of ether oxygens (including phenoxy) is 3. The number of methoxy groups -OCH3 is 3. The van der Waals surface area contributed by atoms with Gasteiger partial charge in [0.25, 0.3) is 11.8 Å². The number of carbonyl (C=O) groups excluding carboxylic acids is 3. The van der Waals surface area contributed by atoms with Gasteiger partial charge in [0.05, 0.1) is 26.9 Å². The van der Waals surface area contributed by atoms with Gasteiger partial charge in [-0.1, -0.05) is 0 Å². The molecule has 0 atom stereocenters. The lowest BCUT2D eigenvalue weighted by atomic mass is 10.1. The van der Waals surface area contributed by atoms with Gasteiger partial charge in [-0.2, -0.15) is 0 Å². The Morgan fingerprint density at radius 3 is 2.04 bits per heavy atom. The van der Waals surface area contributed by atoms with Gasteiger partial charge in [0.2, 0.25) is 0 Å². The van der Waals surface area contributed by atoms with Crippen LogP contribution in [-0.2, 0) is 9.59 Å². The Labute approximate surface area is 132 Å². The van der Waals surface area contributed by atoms with E-state index in [2.05, 4.69) is 5.32 Å². The van der Waals surface area contributed by atoms with E-state index in [1.54, 1.807) is 12.1 Å². The van der Waals surface area contributed by atoms with Crippen LogP contribution in [-0.4, -0.2) is 51.1 Å². The zero-order valence-corrected chi connectivity index (χ0v) is 13.1. The van der Waals surface area contributed by atoms with Crippen LogP contribution in [0.15, 0.2) is 17.7 Å². The number of hydrogen-bond donors (Lipinski definition) is 1. The molecule has 122 valence electrons. The first kappa shape index (κ1) is 16.3. The molecule has 8 nitrogen and oxygen atoms in total. The third kappa shape index (κ3) is 2.96. The lowest BCUT2D eigenvalue weighted by molar-refractivity contribution is -0.129. The summed E-state index contributed by atoms with van der Waals surface area (Å²) in [5.41, 5.74) is 0.186. The molecule has 0 aromatic heterocycles. The largest absolute Gasteiger partial charge is 0.496 e. The van der Waals surface area contributed by atoms with Crippen LogP contribution in [0.3, 0.4) is 0 Å². The number of amides is 4. The van der Waals surface area contributed by atoms with Crippen LogP contribution in [0.2, 0.25) is 0 Å². The average molecular weight is 320 g/mol. The number of imide groups is 2. The van der Waals surface area contributed by atoms with E-state index in [4.69, 9.17) is 14.2 Å². The molecule has 2 rings (SSSR count). The zero-order chi connectivity index (χ0) is 17.1. The Balaban J connectivity index is 2.59. The number of hydrogen-bond acceptors (Lipinski definition) is 6. The van der Waals surface area contributed by atoms with Gasteiger partial charge in [-0.25, -0.2) is 4.79 Å². The van der Waals surface area contributed by atoms with Crippen molar-refractivity contribution in [3.63, 3.8) is 0 Å². The summed E-state index contributed by atoms with van der Waals surface area (Å²) >= 11 is 0. The van der Waals surface area contributed by atoms with Crippen molar-refractivity contribution in [1.29, 1.82) is 0 Å². The minimum absolute atomic E-state index is 0.200. The molecule has 0 bridgehead atoms. The van der Waals surface area contributed by atoms with E-state index in [9.17, 15) is 14.4 Å². The normalized spacial score (nSPS) is 16.4. The molecular formula is C15H16N2O6. The van der Waals surface area contributed by atoms with Crippen molar-refractivity contribution >= 4 is 23.9 Å². The summed E-state index contributed by atoms with van der Waals surface area (Å²) in [4.78, 5) is 36.3. The minimum atomic E-state index is -0.780. The smallest absolute Gasteiger partial charge is 0.331 e. The Hall–Kier alpha value is -3.03. The quantitative estimate of drug-likeness (QED) is 0.651. The fourth-order valence-corrected chi connectivity index (χ4v) is 2.06. The highest BCUT2D eigenvalue weighted by Gasteiger charge is 2.33. The average Bonchev–Trinajstić information content (AvgIpc) is 2.56. The lowest BCUT2D eigenvalue weighted by Gasteiger charge is -2.22. The highest BCUT2D eigenvalue weighted by atomic mass is 16.5. The van der Waals surface area contributed by atoms with Crippen molar-refractivity contribution in [3.8, 4) is 17.2 Å². The Morgan fingerprint density at radius 2 is 1.57 bits per heavy atom. The summed E-state index contributed by atoms with van der Waals surface area (Å²) in [7, 11) is 5.65. The third-order valence-electron chi connectivity index (χ3n) is 3.35. The van der Waals surface area contributed by atoms with Crippen LogP contribution in [0.1, 0.15) is 5.56 Å². The standard InChI is InChI=1S/C15H16N2O6/c1-17-14(19)10(13(18)16-15(17)20)7-9-11(22-3)5-8(21-2)6-12(9)23-4/h5-7H,1-4H3,(H,16,18,20)/b10-7+. The van der Waals surface area contributed by atoms with Crippen LogP contribution >= 0.6 is 0 Å². The molecule has 1 aromatic rings. The van der Waals surface area contributed by atoms with E-state index in [1.807, 2.05) is 0 Å². The van der Waals surface area contributed by atoms with Crippen molar-refractivity contribution in [1.82, 2.24) is 10.2 Å². The zero-order valence-electron chi connectivity index (χ0n) is 13.1. The maximum Gasteiger partial charge on any atom is 0.331 e. The summed E-state index contributed by atoms with van der Waals surface area (Å²) in [5.74, 6) is -0.285. The monoisotopic (exact) mass is 320 g/mol. The van der Waals surface area contributed by atoms with Gasteiger partial charge in [-0.15, -0.1) is 0 Å². The number of nitrogens with one attached hydrogen (secondary N) is 1. The molecule has 1 N–H and O–H groups in total. The molecule has 0 radical (unpaired) electrons. The second kappa shape index (κ2) is 6.39. The van der Waals surface area contributed by atoms with Gasteiger partial charge in [0, 0.05) is 19.2 Å². The van der Waals surface area contributed by atoms with E-state index in [0.717, 1.165) is 4.90 Å². The molecular weight excluding hydrogens is 304 g/mol. The fraction of sp³-hybridized carbons (Fsp3) is 0.267. The maximum absolute atomic E-state index is 12.1. The lowest BCUT2D eigenvalue weighted by Crippen LogP contribution is -2.52. The Kier molecular flexibility index (Phi) is 4.54. The fourth-order valence-electron chi connectivity index (χ4n) is 2.06. The second-order valence-electron chi connectivity index (χ2n) is 4.63. The maximum atomic E-state index is 12.1. The molecule has 1 aliphatic heterocycles. The van der Waals surface area contributed by atoms with E-state index in [1.165, 1.54) is 34.5 Å². The molecule has 1 aromatic carbocycles. The molecule has 1 fully saturated rings. The summed E-state index contributed by atoms with van der Waals surface area (Å²) in [6, 6.07) is 2.41. The van der Waals surface area contributed by atoms with Crippen LogP contribution in [0.4, 0.5) is 4.79 Å². The molecule has 0 spiro atoms. The summed E-state index contributed by atoms with van der Waals surface area (Å²) in [6.07, 6.45) is 1.32. The van der Waals surface area contributed by atoms with E-state index in [0.29, 0.717) is 22.8 Å². The van der Waals surface area contributed by atoms with Gasteiger partial charge in [0.1, 0.15) is 22.8 Å². The minimum Gasteiger partial charge on any atom is -0.496 e. The molecule has 23 heavy (non-hydrogen) atoms. The van der Waals surface area contributed by atoms with E-state index < -0.39 is 17.8 Å². The van der Waals surface area contributed by atoms with Gasteiger partial charge in [0.15, 0.2) is 0 Å². The van der Waals surface area contributed by atoms with Gasteiger partial charge in [-0.3, -0.25) is 19.8 Å². The van der Waals surface area contributed by atoms with Gasteiger partial charge >= 0.3 is 6.03 Å². The van der Waals surface area contributed by atoms with Crippen molar-refractivity contribution in [2.45, 2.75) is 0 Å². The third-order valence-corrected chi connectivity index (χ3v) is 3.35. The highest BCUT2D eigenvalue weighted by Crippen LogP contribution is 2.36. The second-order valence-corrected chi connectivity index (χ2v) is 4.63. The molecule has 1 aliphatic rings. The first-order valence-corrected chi connectivity index (χ1v) is 6.58. The number of carbonyl (C=O) groups is 3. The van der Waals surface area contributed by atoms with Crippen LogP contribution in [0, 0.1) is 0 Å². The van der Waals surface area contributed by atoms with E-state index in [-0.39, 0.29) is 5.57 Å². The van der Waals surface area contributed by atoms with Crippen molar-refractivity contribution < 1.29 is 28.6 Å². The van der Waals surface area contributed by atoms with E-state index >= 15 is 0 Å². The van der Waals surface area contributed by atoms with Crippen molar-refractivity contribution in [2.75, 3.05) is 28.4 Å². The Morgan fingerprint density at radius 1 is 1.00 bits per heavy atom. The summed E-state index contributed by atoms with van der Waals surface area (Å²) in [6.45, 7) is 0. The van der Waals surface area contributed by atoms with Gasteiger partial charge in [-0.05, 0) is 6.08 Å². The molecule has 8 heteroatoms. The van der Waals surface area contributed by atoms with Gasteiger partial charge < -0.3 is 14.2 Å². The van der Waals surface area contributed by atoms with Crippen molar-refractivity contribution in [3.05, 3.63) is 23.3 Å². The summed E-state index contributed by atoms with van der Waals surface area (Å²) in [5, 5.41) is 2.08. The SMILES string of the molecule is COc1cc(OC)c(/C=C2\C(=O)NC(=O)N(C)C2=O)c(OC)c1. The summed E-state index contributed by atoms with van der Waals surface area (Å²) < 4.78 is 15.7. The Bertz CT molecular complexity index is 685. The van der Waals surface area contributed by atoms with Crippen LogP contribution in [0.5, 0.6) is 17.2 Å². The number of nitrogens with zero attached hydrogens (tertiary/aromatic N) is 1. The van der Waals surface area contributed by atoms with Crippen LogP contribution in [0.25, 0.3) is 6.08 Å². The predicted octanol–water partition coefficient (Wildman–Crippen LogP) is 0.804. The number of benzene rings is 1.